The Morgan fingerprint density at radius 3 is 2.81 bits per heavy atom. The van der Waals surface area contributed by atoms with Gasteiger partial charge >= 0.3 is 0 Å². The molecule has 1 atom stereocenters. The molecule has 0 amide bonds. The number of nitrogens with one attached hydrogen (secondary N) is 2. The minimum Gasteiger partial charge on any atom is -0.493 e. The third kappa shape index (κ3) is 6.49. The summed E-state index contributed by atoms with van der Waals surface area (Å²) in [5.41, 5.74) is 1.92. The molecule has 0 bridgehead atoms. The zero-order chi connectivity index (χ0) is 22.1. The fourth-order valence-corrected chi connectivity index (χ4v) is 3.36. The van der Waals surface area contributed by atoms with Crippen molar-refractivity contribution in [2.45, 2.75) is 33.4 Å². The fourth-order valence-electron chi connectivity index (χ4n) is 3.36. The normalized spacial score (nSPS) is 16.7. The van der Waals surface area contributed by atoms with Gasteiger partial charge in [-0.3, -0.25) is 0 Å². The average Bonchev–Trinajstić information content (AvgIpc) is 2.78. The van der Waals surface area contributed by atoms with Gasteiger partial charge in [-0.1, -0.05) is 6.07 Å². The van der Waals surface area contributed by atoms with Crippen LogP contribution in [0.2, 0.25) is 0 Å². The summed E-state index contributed by atoms with van der Waals surface area (Å²) < 4.78 is 16.6. The number of hydrogen-bond donors (Lipinski definition) is 2. The van der Waals surface area contributed by atoms with Crippen molar-refractivity contribution in [1.29, 1.82) is 0 Å². The molecule has 2 aromatic rings. The number of guanidine groups is 1. The summed E-state index contributed by atoms with van der Waals surface area (Å²) in [5.74, 6) is 3.08. The van der Waals surface area contributed by atoms with Gasteiger partial charge in [0, 0.05) is 37.6 Å². The molecular formula is C23H33N5O3. The van der Waals surface area contributed by atoms with Crippen LogP contribution in [0.4, 0.5) is 11.5 Å². The Labute approximate surface area is 184 Å². The number of aliphatic imine (C=N–C) groups is 1. The highest BCUT2D eigenvalue weighted by Crippen LogP contribution is 2.30. The number of nitrogens with zero attached hydrogens (tertiary/aromatic N) is 3. The molecule has 8 heteroatoms. The van der Waals surface area contributed by atoms with E-state index in [1.54, 1.807) is 7.11 Å². The van der Waals surface area contributed by atoms with Crippen LogP contribution in [0.1, 0.15) is 26.3 Å². The molecule has 1 saturated heterocycles. The van der Waals surface area contributed by atoms with Gasteiger partial charge in [0.1, 0.15) is 5.82 Å². The molecule has 1 aliphatic rings. The lowest BCUT2D eigenvalue weighted by Gasteiger charge is -2.32. The zero-order valence-electron chi connectivity index (χ0n) is 18.9. The number of aromatic nitrogens is 1. The number of ether oxygens (including phenoxy) is 3. The van der Waals surface area contributed by atoms with E-state index in [4.69, 9.17) is 19.2 Å². The molecule has 2 heterocycles. The molecule has 8 nitrogen and oxygen atoms in total. The monoisotopic (exact) mass is 427 g/mol. The van der Waals surface area contributed by atoms with E-state index in [-0.39, 0.29) is 6.10 Å². The molecule has 1 unspecified atom stereocenters. The van der Waals surface area contributed by atoms with Gasteiger partial charge in [-0.25, -0.2) is 9.98 Å². The van der Waals surface area contributed by atoms with Crippen molar-refractivity contribution >= 4 is 17.5 Å². The van der Waals surface area contributed by atoms with Gasteiger partial charge in [-0.05, 0) is 44.5 Å². The minimum absolute atomic E-state index is 0.231. The van der Waals surface area contributed by atoms with Crippen molar-refractivity contribution in [3.05, 3.63) is 42.1 Å². The van der Waals surface area contributed by atoms with Crippen LogP contribution < -0.4 is 25.0 Å². The summed E-state index contributed by atoms with van der Waals surface area (Å²) in [4.78, 5) is 11.6. The number of hydrogen-bond acceptors (Lipinski definition) is 6. The molecule has 2 N–H and O–H groups in total. The lowest BCUT2D eigenvalue weighted by Crippen LogP contribution is -2.41. The van der Waals surface area contributed by atoms with E-state index in [0.29, 0.717) is 30.6 Å². The Hall–Kier alpha value is -3.00. The average molecular weight is 428 g/mol. The zero-order valence-corrected chi connectivity index (χ0v) is 18.9. The molecular weight excluding hydrogens is 394 g/mol. The first kappa shape index (κ1) is 22.7. The maximum Gasteiger partial charge on any atom is 0.196 e. The van der Waals surface area contributed by atoms with Crippen LogP contribution in [-0.4, -0.2) is 57.0 Å². The Morgan fingerprint density at radius 1 is 1.26 bits per heavy atom. The van der Waals surface area contributed by atoms with Crippen LogP contribution >= 0.6 is 0 Å². The summed E-state index contributed by atoms with van der Waals surface area (Å²) >= 11 is 0. The van der Waals surface area contributed by atoms with Crippen LogP contribution in [0.25, 0.3) is 0 Å². The number of methoxy groups -OCH3 is 1. The van der Waals surface area contributed by atoms with Gasteiger partial charge in [-0.2, -0.15) is 0 Å². The quantitative estimate of drug-likeness (QED) is 0.494. The second-order valence-electron chi connectivity index (χ2n) is 7.27. The first-order valence-electron chi connectivity index (χ1n) is 10.8. The summed E-state index contributed by atoms with van der Waals surface area (Å²) in [6.45, 7) is 10.4. The van der Waals surface area contributed by atoms with E-state index in [1.807, 2.05) is 38.2 Å². The smallest absolute Gasteiger partial charge is 0.196 e. The standard InChI is InChI=1S/C23H33N5O3/c1-5-24-23(27-19-8-9-20(29-4)21(13-19)30-6-2)26-15-18-7-10-22(25-14-18)28-11-12-31-17(3)16-28/h7-10,13-14,17H,5-6,11-12,15-16H2,1-4H3,(H2,24,26,27). The third-order valence-corrected chi connectivity index (χ3v) is 4.86. The van der Waals surface area contributed by atoms with E-state index in [0.717, 1.165) is 43.3 Å². The molecule has 1 aliphatic heterocycles. The highest BCUT2D eigenvalue weighted by atomic mass is 16.5. The number of benzene rings is 1. The molecule has 3 rings (SSSR count). The maximum atomic E-state index is 5.66. The number of rotatable bonds is 8. The van der Waals surface area contributed by atoms with E-state index < -0.39 is 0 Å². The van der Waals surface area contributed by atoms with Gasteiger partial charge in [0.25, 0.3) is 0 Å². The Bertz CT molecular complexity index is 857. The van der Waals surface area contributed by atoms with Crippen molar-refractivity contribution in [2.24, 2.45) is 4.99 Å². The van der Waals surface area contributed by atoms with Crippen LogP contribution in [0, 0.1) is 0 Å². The lowest BCUT2D eigenvalue weighted by molar-refractivity contribution is 0.0529. The van der Waals surface area contributed by atoms with Gasteiger partial charge in [0.05, 0.1) is 33.0 Å². The first-order valence-corrected chi connectivity index (χ1v) is 10.8. The molecule has 1 aromatic carbocycles. The van der Waals surface area contributed by atoms with Gasteiger partial charge in [0.15, 0.2) is 17.5 Å². The molecule has 168 valence electrons. The highest BCUT2D eigenvalue weighted by Gasteiger charge is 2.17. The van der Waals surface area contributed by atoms with Crippen LogP contribution in [0.3, 0.4) is 0 Å². The summed E-state index contributed by atoms with van der Waals surface area (Å²) in [6.07, 6.45) is 2.12. The second kappa shape index (κ2) is 11.4. The summed E-state index contributed by atoms with van der Waals surface area (Å²) in [6, 6.07) is 9.87. The van der Waals surface area contributed by atoms with E-state index in [9.17, 15) is 0 Å². The first-order chi connectivity index (χ1) is 15.1. The Morgan fingerprint density at radius 2 is 2.13 bits per heavy atom. The van der Waals surface area contributed by atoms with E-state index in [1.165, 1.54) is 0 Å². The van der Waals surface area contributed by atoms with Gasteiger partial charge in [-0.15, -0.1) is 0 Å². The third-order valence-electron chi connectivity index (χ3n) is 4.86. The van der Waals surface area contributed by atoms with E-state index >= 15 is 0 Å². The van der Waals surface area contributed by atoms with Crippen LogP contribution in [0.15, 0.2) is 41.5 Å². The van der Waals surface area contributed by atoms with Crippen molar-refractivity contribution in [1.82, 2.24) is 10.3 Å². The van der Waals surface area contributed by atoms with Crippen LogP contribution in [-0.2, 0) is 11.3 Å². The molecule has 1 aromatic heterocycles. The van der Waals surface area contributed by atoms with Gasteiger partial charge in [0.2, 0.25) is 0 Å². The van der Waals surface area contributed by atoms with Crippen LogP contribution in [0.5, 0.6) is 11.5 Å². The lowest BCUT2D eigenvalue weighted by atomic mass is 10.2. The number of anilines is 2. The second-order valence-corrected chi connectivity index (χ2v) is 7.27. The predicted molar refractivity (Wildman–Crippen MR) is 124 cm³/mol. The summed E-state index contributed by atoms with van der Waals surface area (Å²) in [5, 5.41) is 6.60. The fraction of sp³-hybridized carbons (Fsp3) is 0.478. The van der Waals surface area contributed by atoms with E-state index in [2.05, 4.69) is 39.6 Å². The molecule has 0 spiro atoms. The van der Waals surface area contributed by atoms with Crippen molar-refractivity contribution in [3.8, 4) is 11.5 Å². The largest absolute Gasteiger partial charge is 0.493 e. The highest BCUT2D eigenvalue weighted by molar-refractivity contribution is 5.93. The van der Waals surface area contributed by atoms with Crippen molar-refractivity contribution in [2.75, 3.05) is 50.2 Å². The van der Waals surface area contributed by atoms with Crippen molar-refractivity contribution in [3.63, 3.8) is 0 Å². The number of morpholine rings is 1. The molecule has 1 fully saturated rings. The van der Waals surface area contributed by atoms with Gasteiger partial charge < -0.3 is 29.7 Å². The Balaban J connectivity index is 1.66. The summed E-state index contributed by atoms with van der Waals surface area (Å²) in [7, 11) is 1.63. The minimum atomic E-state index is 0.231. The molecule has 0 radical (unpaired) electrons. The predicted octanol–water partition coefficient (Wildman–Crippen LogP) is 3.29. The maximum absolute atomic E-state index is 5.66. The molecule has 0 saturated carbocycles. The SMILES string of the molecule is CCNC(=NCc1ccc(N2CCOC(C)C2)nc1)Nc1ccc(OC)c(OCC)c1. The number of pyridine rings is 1. The van der Waals surface area contributed by atoms with Crippen molar-refractivity contribution < 1.29 is 14.2 Å². The molecule has 0 aliphatic carbocycles. The topological polar surface area (TPSA) is 80.2 Å². The molecule has 31 heavy (non-hydrogen) atoms. The Kier molecular flexibility index (Phi) is 8.35.